The van der Waals surface area contributed by atoms with Crippen molar-refractivity contribution < 1.29 is 133 Å². The summed E-state index contributed by atoms with van der Waals surface area (Å²) in [6.07, 6.45) is 2.48. The molecule has 0 aromatic heterocycles. The minimum absolute atomic E-state index is 0. The second-order valence-corrected chi connectivity index (χ2v) is 9.76. The molecular formula is C24H38N4O14Pt3. The average molecular weight is 1190 g/mol. The summed E-state index contributed by atoms with van der Waals surface area (Å²) in [5, 5.41) is 77.3. The Kier molecular flexibility index (Phi) is 34.1. The molecule has 2 fully saturated rings. The van der Waals surface area contributed by atoms with Crippen LogP contribution in [0.2, 0.25) is 0 Å². The zero-order chi connectivity index (χ0) is 33.2. The Balaban J connectivity index is -0.000000158. The van der Waals surface area contributed by atoms with E-state index in [1.807, 2.05) is 0 Å². The molecule has 21 heteroatoms. The van der Waals surface area contributed by atoms with Crippen molar-refractivity contribution in [2.75, 3.05) is 0 Å². The number of aliphatic carboxylic acids is 6. The van der Waals surface area contributed by atoms with Gasteiger partial charge in [-0.3, -0.25) is 0 Å². The number of aliphatic hydroxyl groups excluding tert-OH is 2. The maximum Gasteiger partial charge on any atom is 2.00 e. The first-order chi connectivity index (χ1) is 19.3. The van der Waals surface area contributed by atoms with Crippen LogP contribution in [0.1, 0.15) is 64.2 Å². The van der Waals surface area contributed by atoms with Crippen LogP contribution < -0.4 is 53.6 Å². The van der Waals surface area contributed by atoms with E-state index in [0.29, 0.717) is 0 Å². The Hall–Kier alpha value is -1.36. The van der Waals surface area contributed by atoms with Crippen LogP contribution in [0.5, 0.6) is 0 Å². The number of nitrogens with two attached hydrogens (primary N) is 4. The number of carboxylic acids is 6. The van der Waals surface area contributed by atoms with Crippen molar-refractivity contribution in [3.05, 3.63) is 0 Å². The van der Waals surface area contributed by atoms with E-state index in [1.165, 1.54) is 25.7 Å². The Morgan fingerprint density at radius 2 is 0.689 bits per heavy atom. The Morgan fingerprint density at radius 1 is 0.489 bits per heavy atom. The summed E-state index contributed by atoms with van der Waals surface area (Å²) in [5.74, 6) is -15.8. The summed E-state index contributed by atoms with van der Waals surface area (Å²) in [5.41, 5.74) is 22.6. The molecule has 18 nitrogen and oxygen atoms in total. The van der Waals surface area contributed by atoms with Gasteiger partial charge in [0.25, 0.3) is 0 Å². The van der Waals surface area contributed by atoms with E-state index in [0.717, 1.165) is 25.7 Å². The van der Waals surface area contributed by atoms with E-state index in [-0.39, 0.29) is 87.4 Å². The van der Waals surface area contributed by atoms with Crippen LogP contribution in [-0.2, 0) is 92.0 Å². The van der Waals surface area contributed by atoms with Gasteiger partial charge in [-0.25, -0.2) is 0 Å². The molecule has 10 N–H and O–H groups in total. The third-order valence-electron chi connectivity index (χ3n) is 6.37. The van der Waals surface area contributed by atoms with Crippen LogP contribution in [0.15, 0.2) is 0 Å². The van der Waals surface area contributed by atoms with Crippen LogP contribution in [0, 0.1) is 11.8 Å². The molecule has 0 radical (unpaired) electrons. The normalized spacial score (nSPS) is 22.5. The largest absolute Gasteiger partial charge is 2.00 e. The smallest absolute Gasteiger partial charge is 0.550 e. The molecule has 0 aromatic rings. The summed E-state index contributed by atoms with van der Waals surface area (Å²) in [6.45, 7) is 0. The van der Waals surface area contributed by atoms with Gasteiger partial charge in [0.05, 0.1) is 11.9 Å². The topological polar surface area (TPSA) is 385 Å². The fourth-order valence-electron chi connectivity index (χ4n) is 3.71. The van der Waals surface area contributed by atoms with Gasteiger partial charge in [0.2, 0.25) is 0 Å². The molecule has 0 saturated heterocycles. The van der Waals surface area contributed by atoms with Crippen molar-refractivity contribution in [1.82, 2.24) is 0 Å². The SMILES string of the molecule is NC1CCCCC1N.NC1CCCCC1N.O=C([O-])CC(C(=O)[O-])C(O)C(=O)[O-].O=C([O-])CC(C(=O)[O-])C(O)C(=O)[O-].[Pt+2].[Pt+2].[Pt+2]. The number of hydrogen-bond acceptors (Lipinski definition) is 18. The molecule has 0 spiro atoms. The van der Waals surface area contributed by atoms with Gasteiger partial charge in [0.1, 0.15) is 12.2 Å². The molecule has 0 heterocycles. The first-order valence-corrected chi connectivity index (χ1v) is 12.9. The van der Waals surface area contributed by atoms with Gasteiger partial charge in [-0.2, -0.15) is 0 Å². The van der Waals surface area contributed by atoms with Gasteiger partial charge in [-0.1, -0.05) is 25.7 Å². The molecule has 0 amide bonds. The average Bonchev–Trinajstić information content (AvgIpc) is 2.89. The van der Waals surface area contributed by atoms with Crippen LogP contribution in [0.25, 0.3) is 0 Å². The van der Waals surface area contributed by atoms with Crippen molar-refractivity contribution in [1.29, 1.82) is 0 Å². The molecule has 45 heavy (non-hydrogen) atoms. The third-order valence-corrected chi connectivity index (χ3v) is 6.37. The minimum atomic E-state index is -2.41. The summed E-state index contributed by atoms with van der Waals surface area (Å²) in [6, 6.07) is 1.12. The zero-order valence-corrected chi connectivity index (χ0v) is 30.6. The second kappa shape index (κ2) is 28.8. The van der Waals surface area contributed by atoms with E-state index in [2.05, 4.69) is 0 Å². The van der Waals surface area contributed by atoms with E-state index in [9.17, 15) is 59.4 Å². The number of carbonyl (C=O) groups excluding carboxylic acids is 6. The monoisotopic (exact) mass is 1190 g/mol. The molecule has 0 aromatic carbocycles. The van der Waals surface area contributed by atoms with E-state index >= 15 is 0 Å². The predicted octanol–water partition coefficient (Wildman–Crippen LogP) is -10.4. The molecule has 2 saturated carbocycles. The molecule has 2 rings (SSSR count). The van der Waals surface area contributed by atoms with Gasteiger partial charge >= 0.3 is 63.2 Å². The number of aliphatic hydroxyl groups is 2. The molecule has 268 valence electrons. The molecular weight excluding hydrogens is 1150 g/mol. The summed E-state index contributed by atoms with van der Waals surface area (Å²) in [7, 11) is 0. The first-order valence-electron chi connectivity index (χ1n) is 12.9. The van der Waals surface area contributed by atoms with Crippen molar-refractivity contribution in [3.63, 3.8) is 0 Å². The fraction of sp³-hybridized carbons (Fsp3) is 0.750. The fourth-order valence-corrected chi connectivity index (χ4v) is 3.71. The standard InChI is InChI=1S/2C6H14N2.2C6H8O7.3Pt/c2*7-5-3-1-2-4-6(5)8;2*7-3(8)1-2(5(10)11)4(9)6(12)13;;;/h2*5-6H,1-4,7-8H2;2*2,4,9H,1H2,(H,7,8)(H,10,11)(H,12,13);;;/q;;;;3*+2/p-6. The third kappa shape index (κ3) is 25.4. The van der Waals surface area contributed by atoms with Crippen molar-refractivity contribution in [2.24, 2.45) is 34.8 Å². The molecule has 8 unspecified atom stereocenters. The quantitative estimate of drug-likeness (QED) is 0.118. The molecule has 0 bridgehead atoms. The van der Waals surface area contributed by atoms with Gasteiger partial charge < -0.3 is 92.6 Å². The van der Waals surface area contributed by atoms with Gasteiger partial charge in [-0.05, 0) is 38.5 Å². The van der Waals surface area contributed by atoms with Crippen molar-refractivity contribution in [3.8, 4) is 0 Å². The number of rotatable bonds is 10. The van der Waals surface area contributed by atoms with Crippen LogP contribution in [0.3, 0.4) is 0 Å². The van der Waals surface area contributed by atoms with E-state index in [1.54, 1.807) is 0 Å². The zero-order valence-electron chi connectivity index (χ0n) is 23.7. The minimum Gasteiger partial charge on any atom is -0.550 e. The number of hydrogen-bond donors (Lipinski definition) is 6. The van der Waals surface area contributed by atoms with Crippen molar-refractivity contribution >= 4 is 35.8 Å². The van der Waals surface area contributed by atoms with Gasteiger partial charge in [-0.15, -0.1) is 0 Å². The molecule has 8 atom stereocenters. The van der Waals surface area contributed by atoms with Gasteiger partial charge in [0, 0.05) is 59.9 Å². The number of carboxylic acid groups (broad SMARTS) is 6. The maximum absolute atomic E-state index is 10.1. The summed E-state index contributed by atoms with van der Waals surface area (Å²) < 4.78 is 0. The Bertz CT molecular complexity index is 815. The first kappa shape index (κ1) is 53.1. The molecule has 0 aliphatic heterocycles. The Labute approximate surface area is 302 Å². The van der Waals surface area contributed by atoms with Crippen LogP contribution in [-0.4, -0.2) is 82.4 Å². The van der Waals surface area contributed by atoms with E-state index < -0.39 is 72.7 Å². The molecule has 2 aliphatic rings. The van der Waals surface area contributed by atoms with Crippen molar-refractivity contribution in [2.45, 2.75) is 101 Å². The maximum atomic E-state index is 10.1. The van der Waals surface area contributed by atoms with E-state index in [4.69, 9.17) is 33.1 Å². The summed E-state index contributed by atoms with van der Waals surface area (Å²) in [4.78, 5) is 60.0. The molecule has 2 aliphatic carbocycles. The predicted molar refractivity (Wildman–Crippen MR) is 127 cm³/mol. The van der Waals surface area contributed by atoms with Crippen LogP contribution >= 0.6 is 0 Å². The number of carbonyl (C=O) groups is 6. The van der Waals surface area contributed by atoms with Gasteiger partial charge in [0.15, 0.2) is 0 Å². The van der Waals surface area contributed by atoms with Crippen LogP contribution in [0.4, 0.5) is 0 Å². The second-order valence-electron chi connectivity index (χ2n) is 9.76. The summed E-state index contributed by atoms with van der Waals surface area (Å²) >= 11 is 0. The Morgan fingerprint density at radius 3 is 0.800 bits per heavy atom.